The Morgan fingerprint density at radius 3 is 2.80 bits per heavy atom. The lowest BCUT2D eigenvalue weighted by molar-refractivity contribution is -0.122. The minimum absolute atomic E-state index is 0.0486. The minimum Gasteiger partial charge on any atom is -0.352 e. The molecule has 0 bridgehead atoms. The third-order valence-electron chi connectivity index (χ3n) is 4.08. The summed E-state index contributed by atoms with van der Waals surface area (Å²) in [6.07, 6.45) is 0.715. The molecule has 0 fully saturated rings. The van der Waals surface area contributed by atoms with E-state index in [0.29, 0.717) is 17.7 Å². The fraction of sp³-hybridized carbons (Fsp3) is 0.263. The average Bonchev–Trinajstić information content (AvgIpc) is 2.56. The van der Waals surface area contributed by atoms with E-state index >= 15 is 0 Å². The van der Waals surface area contributed by atoms with E-state index in [1.54, 1.807) is 0 Å². The molecular formula is C19H20FN3O2. The summed E-state index contributed by atoms with van der Waals surface area (Å²) in [5, 5.41) is 5.57. The standard InChI is InChI=1S/C19H20FN3O2/c1-13(9-14-5-3-2-4-6-14)21-18(24)12-23-11-15-10-16(20)7-8-17(15)22-19(23)25/h2-8,10,13H,9,11-12H2,1H3,(H,21,24)(H,22,25)/t13-/m0/s1. The van der Waals surface area contributed by atoms with Crippen molar-refractivity contribution < 1.29 is 14.0 Å². The smallest absolute Gasteiger partial charge is 0.322 e. The maximum atomic E-state index is 13.3. The van der Waals surface area contributed by atoms with Crippen molar-refractivity contribution in [2.24, 2.45) is 0 Å². The van der Waals surface area contributed by atoms with Crippen LogP contribution in [0.2, 0.25) is 0 Å². The zero-order valence-electron chi connectivity index (χ0n) is 14.0. The highest BCUT2D eigenvalue weighted by molar-refractivity contribution is 5.94. The summed E-state index contributed by atoms with van der Waals surface area (Å²) in [5.74, 6) is -0.603. The summed E-state index contributed by atoms with van der Waals surface area (Å²) >= 11 is 0. The van der Waals surface area contributed by atoms with E-state index in [2.05, 4.69) is 10.6 Å². The number of halogens is 1. The molecule has 1 aliphatic heterocycles. The lowest BCUT2D eigenvalue weighted by Gasteiger charge is -2.29. The van der Waals surface area contributed by atoms with Crippen molar-refractivity contribution >= 4 is 17.6 Å². The van der Waals surface area contributed by atoms with Crippen LogP contribution in [0.1, 0.15) is 18.1 Å². The molecule has 3 rings (SSSR count). The molecule has 2 N–H and O–H groups in total. The third kappa shape index (κ3) is 4.35. The van der Waals surface area contributed by atoms with Crippen molar-refractivity contribution in [1.29, 1.82) is 0 Å². The molecule has 2 aromatic carbocycles. The molecule has 2 aromatic rings. The van der Waals surface area contributed by atoms with Gasteiger partial charge in [0.1, 0.15) is 12.4 Å². The highest BCUT2D eigenvalue weighted by atomic mass is 19.1. The van der Waals surface area contributed by atoms with Crippen molar-refractivity contribution in [3.05, 3.63) is 65.5 Å². The second-order valence-corrected chi connectivity index (χ2v) is 6.25. The molecule has 130 valence electrons. The summed E-state index contributed by atoms with van der Waals surface area (Å²) in [6.45, 7) is 2.06. The van der Waals surface area contributed by atoms with Crippen molar-refractivity contribution in [2.45, 2.75) is 25.9 Å². The number of amides is 3. The Morgan fingerprint density at radius 1 is 1.28 bits per heavy atom. The maximum Gasteiger partial charge on any atom is 0.322 e. The van der Waals surface area contributed by atoms with E-state index < -0.39 is 0 Å². The number of urea groups is 1. The zero-order valence-corrected chi connectivity index (χ0v) is 14.0. The van der Waals surface area contributed by atoms with Gasteiger partial charge in [0, 0.05) is 11.7 Å². The fourth-order valence-electron chi connectivity index (χ4n) is 2.93. The second kappa shape index (κ2) is 7.34. The van der Waals surface area contributed by atoms with Gasteiger partial charge >= 0.3 is 6.03 Å². The van der Waals surface area contributed by atoms with E-state index in [9.17, 15) is 14.0 Å². The van der Waals surface area contributed by atoms with Gasteiger partial charge in [0.15, 0.2) is 0 Å². The Hall–Kier alpha value is -2.89. The molecule has 25 heavy (non-hydrogen) atoms. The van der Waals surface area contributed by atoms with Gasteiger partial charge < -0.3 is 15.5 Å². The average molecular weight is 341 g/mol. The van der Waals surface area contributed by atoms with Crippen LogP contribution in [0.25, 0.3) is 0 Å². The van der Waals surface area contributed by atoms with E-state index in [-0.39, 0.29) is 36.9 Å². The summed E-state index contributed by atoms with van der Waals surface area (Å²) < 4.78 is 13.3. The zero-order chi connectivity index (χ0) is 17.8. The fourth-order valence-corrected chi connectivity index (χ4v) is 2.93. The van der Waals surface area contributed by atoms with Crippen molar-refractivity contribution in [2.75, 3.05) is 11.9 Å². The number of carbonyl (C=O) groups excluding carboxylic acids is 2. The monoisotopic (exact) mass is 341 g/mol. The lowest BCUT2D eigenvalue weighted by Crippen LogP contribution is -2.46. The van der Waals surface area contributed by atoms with Crippen LogP contribution in [-0.4, -0.2) is 29.4 Å². The molecule has 0 saturated heterocycles. The molecule has 0 unspecified atom stereocenters. The maximum absolute atomic E-state index is 13.3. The summed E-state index contributed by atoms with van der Waals surface area (Å²) in [6, 6.07) is 13.7. The Balaban J connectivity index is 1.56. The van der Waals surface area contributed by atoms with Gasteiger partial charge in [0.2, 0.25) is 5.91 Å². The van der Waals surface area contributed by atoms with Crippen LogP contribution in [0.5, 0.6) is 0 Å². The number of hydrogen-bond donors (Lipinski definition) is 2. The number of hydrogen-bond acceptors (Lipinski definition) is 2. The van der Waals surface area contributed by atoms with Gasteiger partial charge in [-0.1, -0.05) is 30.3 Å². The number of rotatable bonds is 5. The number of carbonyl (C=O) groups is 2. The van der Waals surface area contributed by atoms with Crippen LogP contribution in [0.15, 0.2) is 48.5 Å². The van der Waals surface area contributed by atoms with Crippen LogP contribution in [0.4, 0.5) is 14.9 Å². The predicted molar refractivity (Wildman–Crippen MR) is 93.6 cm³/mol. The molecule has 1 atom stereocenters. The van der Waals surface area contributed by atoms with Gasteiger partial charge in [-0.25, -0.2) is 9.18 Å². The Bertz CT molecular complexity index is 779. The lowest BCUT2D eigenvalue weighted by atomic mass is 10.1. The van der Waals surface area contributed by atoms with Gasteiger partial charge in [-0.05, 0) is 42.7 Å². The van der Waals surface area contributed by atoms with Gasteiger partial charge in [-0.15, -0.1) is 0 Å². The van der Waals surface area contributed by atoms with Crippen LogP contribution in [0.3, 0.4) is 0 Å². The van der Waals surface area contributed by atoms with E-state index in [0.717, 1.165) is 5.56 Å². The number of nitrogens with one attached hydrogen (secondary N) is 2. The van der Waals surface area contributed by atoms with E-state index in [1.165, 1.54) is 23.1 Å². The number of anilines is 1. The van der Waals surface area contributed by atoms with Gasteiger partial charge in [-0.2, -0.15) is 0 Å². The Kier molecular flexibility index (Phi) is 4.97. The SMILES string of the molecule is C[C@@H](Cc1ccccc1)NC(=O)CN1Cc2cc(F)ccc2NC1=O. The first-order valence-corrected chi connectivity index (χ1v) is 8.19. The normalized spacial score (nSPS) is 14.5. The Morgan fingerprint density at radius 2 is 2.04 bits per heavy atom. The van der Waals surface area contributed by atoms with E-state index in [4.69, 9.17) is 0 Å². The highest BCUT2D eigenvalue weighted by Gasteiger charge is 2.25. The number of benzene rings is 2. The van der Waals surface area contributed by atoms with Gasteiger partial charge in [0.05, 0.1) is 6.54 Å². The molecule has 6 heteroatoms. The molecule has 3 amide bonds. The van der Waals surface area contributed by atoms with Crippen molar-refractivity contribution in [3.8, 4) is 0 Å². The summed E-state index contributed by atoms with van der Waals surface area (Å²) in [4.78, 5) is 25.7. The van der Waals surface area contributed by atoms with Crippen molar-refractivity contribution in [1.82, 2.24) is 10.2 Å². The van der Waals surface area contributed by atoms with Crippen LogP contribution >= 0.6 is 0 Å². The largest absolute Gasteiger partial charge is 0.352 e. The van der Waals surface area contributed by atoms with Crippen LogP contribution in [-0.2, 0) is 17.8 Å². The van der Waals surface area contributed by atoms with E-state index in [1.807, 2.05) is 37.3 Å². The number of fused-ring (bicyclic) bond motifs is 1. The molecule has 0 aliphatic carbocycles. The second-order valence-electron chi connectivity index (χ2n) is 6.25. The molecule has 0 aromatic heterocycles. The molecule has 1 heterocycles. The van der Waals surface area contributed by atoms with Crippen LogP contribution < -0.4 is 10.6 Å². The number of nitrogens with zero attached hydrogens (tertiary/aromatic N) is 1. The third-order valence-corrected chi connectivity index (χ3v) is 4.08. The molecule has 0 saturated carbocycles. The topological polar surface area (TPSA) is 61.4 Å². The first-order valence-electron chi connectivity index (χ1n) is 8.19. The van der Waals surface area contributed by atoms with Gasteiger partial charge in [0.25, 0.3) is 0 Å². The van der Waals surface area contributed by atoms with Gasteiger partial charge in [-0.3, -0.25) is 4.79 Å². The summed E-state index contributed by atoms with van der Waals surface area (Å²) in [5.41, 5.74) is 2.38. The quantitative estimate of drug-likeness (QED) is 0.878. The predicted octanol–water partition coefficient (Wildman–Crippen LogP) is 2.92. The highest BCUT2D eigenvalue weighted by Crippen LogP contribution is 2.23. The molecule has 0 radical (unpaired) electrons. The molecule has 0 spiro atoms. The first kappa shape index (κ1) is 17.0. The minimum atomic E-state index is -0.365. The molecule has 5 nitrogen and oxygen atoms in total. The Labute approximate surface area is 145 Å². The molecular weight excluding hydrogens is 321 g/mol. The first-order chi connectivity index (χ1) is 12.0. The van der Waals surface area contributed by atoms with Crippen molar-refractivity contribution in [3.63, 3.8) is 0 Å². The summed E-state index contributed by atoms with van der Waals surface area (Å²) in [7, 11) is 0. The van der Waals surface area contributed by atoms with Crippen LogP contribution in [0, 0.1) is 5.82 Å². The molecule has 1 aliphatic rings.